The summed E-state index contributed by atoms with van der Waals surface area (Å²) in [4.78, 5) is 13.6. The Balaban J connectivity index is 1.71. The Morgan fingerprint density at radius 3 is 3.00 bits per heavy atom. The molecular formula is C16H25N5O. The number of rotatable bonds is 6. The van der Waals surface area contributed by atoms with Gasteiger partial charge in [-0.2, -0.15) is 0 Å². The van der Waals surface area contributed by atoms with E-state index in [1.165, 1.54) is 0 Å². The maximum absolute atomic E-state index is 5.51. The van der Waals surface area contributed by atoms with Gasteiger partial charge in [-0.1, -0.05) is 6.92 Å². The van der Waals surface area contributed by atoms with Gasteiger partial charge in [0, 0.05) is 51.2 Å². The Labute approximate surface area is 131 Å². The second kappa shape index (κ2) is 7.07. The van der Waals surface area contributed by atoms with E-state index in [1.54, 1.807) is 6.20 Å². The number of hydrogen-bond acceptors (Lipinski definition) is 5. The molecule has 0 spiro atoms. The second-order valence-electron chi connectivity index (χ2n) is 5.66. The summed E-state index contributed by atoms with van der Waals surface area (Å²) < 4.78 is 7.63. The van der Waals surface area contributed by atoms with Crippen molar-refractivity contribution in [3.05, 3.63) is 24.8 Å². The van der Waals surface area contributed by atoms with Crippen LogP contribution in [0.3, 0.4) is 0 Å². The van der Waals surface area contributed by atoms with Gasteiger partial charge in [0.2, 0.25) is 0 Å². The fourth-order valence-corrected chi connectivity index (χ4v) is 3.18. The van der Waals surface area contributed by atoms with Gasteiger partial charge in [-0.15, -0.1) is 0 Å². The number of hydrogen-bond donors (Lipinski definition) is 0. The number of imidazole rings is 1. The van der Waals surface area contributed by atoms with E-state index >= 15 is 0 Å². The number of anilines is 1. The van der Waals surface area contributed by atoms with Crippen molar-refractivity contribution < 1.29 is 4.74 Å². The standard InChI is InChI=1S/C16H25N5O/c1-3-14-13-20(8-7-19(14)9-10-22-4-2)16-12-17-11-15-18-5-6-21(15)16/h5-6,11-12,14H,3-4,7-10,13H2,1-2H3/t14-/m1/s1. The Hall–Kier alpha value is -1.66. The molecule has 1 fully saturated rings. The molecule has 3 rings (SSSR count). The molecule has 120 valence electrons. The van der Waals surface area contributed by atoms with Crippen molar-refractivity contribution in [1.29, 1.82) is 0 Å². The lowest BCUT2D eigenvalue weighted by molar-refractivity contribution is 0.0868. The van der Waals surface area contributed by atoms with E-state index in [2.05, 4.69) is 31.1 Å². The van der Waals surface area contributed by atoms with E-state index in [-0.39, 0.29) is 0 Å². The van der Waals surface area contributed by atoms with Crippen LogP contribution in [0.5, 0.6) is 0 Å². The molecule has 1 aliphatic heterocycles. The Kier molecular flexibility index (Phi) is 4.90. The highest BCUT2D eigenvalue weighted by Crippen LogP contribution is 2.20. The molecule has 0 unspecified atom stereocenters. The molecule has 6 nitrogen and oxygen atoms in total. The van der Waals surface area contributed by atoms with Crippen LogP contribution in [-0.2, 0) is 4.74 Å². The van der Waals surface area contributed by atoms with E-state index in [1.807, 2.05) is 25.5 Å². The van der Waals surface area contributed by atoms with Crippen molar-refractivity contribution in [3.8, 4) is 0 Å². The summed E-state index contributed by atoms with van der Waals surface area (Å²) in [7, 11) is 0. The molecule has 2 aromatic heterocycles. The van der Waals surface area contributed by atoms with Gasteiger partial charge in [0.1, 0.15) is 5.82 Å². The number of ether oxygens (including phenoxy) is 1. The van der Waals surface area contributed by atoms with Gasteiger partial charge in [-0.25, -0.2) is 4.98 Å². The minimum Gasteiger partial charge on any atom is -0.380 e. The van der Waals surface area contributed by atoms with Crippen LogP contribution in [0.2, 0.25) is 0 Å². The van der Waals surface area contributed by atoms with Crippen LogP contribution >= 0.6 is 0 Å². The third-order valence-corrected chi connectivity index (χ3v) is 4.42. The first kappa shape index (κ1) is 15.2. The predicted octanol–water partition coefficient (Wildman–Crippen LogP) is 1.67. The molecular weight excluding hydrogens is 278 g/mol. The van der Waals surface area contributed by atoms with Crippen molar-refractivity contribution >= 4 is 11.5 Å². The average molecular weight is 303 g/mol. The Morgan fingerprint density at radius 1 is 1.27 bits per heavy atom. The van der Waals surface area contributed by atoms with Gasteiger partial charge in [0.15, 0.2) is 5.65 Å². The monoisotopic (exact) mass is 303 g/mol. The lowest BCUT2D eigenvalue weighted by Crippen LogP contribution is -2.54. The third kappa shape index (κ3) is 3.08. The molecule has 22 heavy (non-hydrogen) atoms. The lowest BCUT2D eigenvalue weighted by Gasteiger charge is -2.42. The lowest BCUT2D eigenvalue weighted by atomic mass is 10.1. The smallest absolute Gasteiger partial charge is 0.156 e. The molecule has 0 radical (unpaired) electrons. The van der Waals surface area contributed by atoms with E-state index in [9.17, 15) is 0 Å². The molecule has 1 saturated heterocycles. The van der Waals surface area contributed by atoms with Crippen molar-refractivity contribution in [2.24, 2.45) is 0 Å². The molecule has 3 heterocycles. The first-order valence-electron chi connectivity index (χ1n) is 8.17. The van der Waals surface area contributed by atoms with Crippen molar-refractivity contribution in [2.45, 2.75) is 26.3 Å². The zero-order valence-corrected chi connectivity index (χ0v) is 13.5. The molecule has 0 amide bonds. The molecule has 0 aromatic carbocycles. The minimum absolute atomic E-state index is 0.563. The largest absolute Gasteiger partial charge is 0.380 e. The highest BCUT2D eigenvalue weighted by molar-refractivity contribution is 5.49. The normalized spacial score (nSPS) is 19.9. The molecule has 1 aliphatic rings. The number of piperazine rings is 1. The van der Waals surface area contributed by atoms with Gasteiger partial charge in [-0.05, 0) is 13.3 Å². The van der Waals surface area contributed by atoms with Crippen LogP contribution in [0, 0.1) is 0 Å². The van der Waals surface area contributed by atoms with E-state index < -0.39 is 0 Å². The summed E-state index contributed by atoms with van der Waals surface area (Å²) in [5.74, 6) is 1.14. The van der Waals surface area contributed by atoms with Crippen LogP contribution in [0.4, 0.5) is 5.82 Å². The summed E-state index contributed by atoms with van der Waals surface area (Å²) in [5, 5.41) is 0. The molecule has 0 aliphatic carbocycles. The average Bonchev–Trinajstić information content (AvgIpc) is 3.04. The zero-order valence-electron chi connectivity index (χ0n) is 13.5. The van der Waals surface area contributed by atoms with Gasteiger partial charge >= 0.3 is 0 Å². The molecule has 1 atom stereocenters. The van der Waals surface area contributed by atoms with Gasteiger partial charge in [0.25, 0.3) is 0 Å². The van der Waals surface area contributed by atoms with Crippen molar-refractivity contribution in [3.63, 3.8) is 0 Å². The SMILES string of the molecule is CCOCCN1CCN(c2cncc3nccn23)C[C@H]1CC. The van der Waals surface area contributed by atoms with Crippen molar-refractivity contribution in [2.75, 3.05) is 44.3 Å². The van der Waals surface area contributed by atoms with E-state index in [4.69, 9.17) is 4.74 Å². The molecule has 0 bridgehead atoms. The van der Waals surface area contributed by atoms with Crippen LogP contribution in [-0.4, -0.2) is 64.7 Å². The predicted molar refractivity (Wildman–Crippen MR) is 87.3 cm³/mol. The maximum Gasteiger partial charge on any atom is 0.156 e. The van der Waals surface area contributed by atoms with Crippen LogP contribution in [0.25, 0.3) is 5.65 Å². The molecule has 6 heteroatoms. The Morgan fingerprint density at radius 2 is 2.18 bits per heavy atom. The van der Waals surface area contributed by atoms with Crippen LogP contribution in [0.15, 0.2) is 24.8 Å². The molecule has 2 aromatic rings. The van der Waals surface area contributed by atoms with Gasteiger partial charge < -0.3 is 9.64 Å². The van der Waals surface area contributed by atoms with Gasteiger partial charge in [0.05, 0.1) is 19.0 Å². The van der Waals surface area contributed by atoms with Gasteiger partial charge in [-0.3, -0.25) is 14.3 Å². The number of fused-ring (bicyclic) bond motifs is 1. The fraction of sp³-hybridized carbons (Fsp3) is 0.625. The highest BCUT2D eigenvalue weighted by atomic mass is 16.5. The highest BCUT2D eigenvalue weighted by Gasteiger charge is 2.26. The van der Waals surface area contributed by atoms with Crippen LogP contribution < -0.4 is 4.90 Å². The summed E-state index contributed by atoms with van der Waals surface area (Å²) >= 11 is 0. The van der Waals surface area contributed by atoms with Crippen molar-refractivity contribution in [1.82, 2.24) is 19.3 Å². The minimum atomic E-state index is 0.563. The summed E-state index contributed by atoms with van der Waals surface area (Å²) in [6.07, 6.45) is 8.73. The first-order valence-corrected chi connectivity index (χ1v) is 8.17. The summed E-state index contributed by atoms with van der Waals surface area (Å²) in [6, 6.07) is 0.563. The number of nitrogens with zero attached hydrogens (tertiary/aromatic N) is 5. The van der Waals surface area contributed by atoms with E-state index in [0.717, 1.165) is 57.3 Å². The summed E-state index contributed by atoms with van der Waals surface area (Å²) in [5.41, 5.74) is 0.907. The summed E-state index contributed by atoms with van der Waals surface area (Å²) in [6.45, 7) is 10.1. The second-order valence-corrected chi connectivity index (χ2v) is 5.66. The Bertz CT molecular complexity index is 599. The zero-order chi connectivity index (χ0) is 15.4. The third-order valence-electron chi connectivity index (χ3n) is 4.42. The van der Waals surface area contributed by atoms with E-state index in [0.29, 0.717) is 6.04 Å². The topological polar surface area (TPSA) is 45.9 Å². The van der Waals surface area contributed by atoms with Crippen LogP contribution in [0.1, 0.15) is 20.3 Å². The number of aromatic nitrogens is 3. The first-order chi connectivity index (χ1) is 10.8. The molecule has 0 saturated carbocycles. The maximum atomic E-state index is 5.51. The fourth-order valence-electron chi connectivity index (χ4n) is 3.18. The quantitative estimate of drug-likeness (QED) is 0.760. The molecule has 0 N–H and O–H groups in total.